The van der Waals surface area contributed by atoms with Crippen molar-refractivity contribution >= 4 is 0 Å². The second-order valence-corrected chi connectivity index (χ2v) is 6.79. The summed E-state index contributed by atoms with van der Waals surface area (Å²) in [5.41, 5.74) is 2.40. The van der Waals surface area contributed by atoms with E-state index >= 15 is 0 Å². The van der Waals surface area contributed by atoms with Gasteiger partial charge in [0.05, 0.1) is 11.7 Å². The van der Waals surface area contributed by atoms with Crippen LogP contribution in [0.1, 0.15) is 51.2 Å². The highest BCUT2D eigenvalue weighted by atomic mass is 16.5. The maximum absolute atomic E-state index is 10.4. The van der Waals surface area contributed by atoms with Gasteiger partial charge in [0.25, 0.3) is 0 Å². The van der Waals surface area contributed by atoms with Crippen LogP contribution in [0.25, 0.3) is 0 Å². The molecule has 0 aliphatic heterocycles. The van der Waals surface area contributed by atoms with Crippen molar-refractivity contribution in [1.82, 2.24) is 0 Å². The van der Waals surface area contributed by atoms with Crippen molar-refractivity contribution in [3.05, 3.63) is 35.4 Å². The lowest BCUT2D eigenvalue weighted by Gasteiger charge is -2.44. The van der Waals surface area contributed by atoms with Crippen LogP contribution in [-0.2, 0) is 16.6 Å². The Kier molecular flexibility index (Phi) is 4.03. The van der Waals surface area contributed by atoms with Crippen molar-refractivity contribution in [2.45, 2.75) is 63.6 Å². The largest absolute Gasteiger partial charge is 0.390 e. The van der Waals surface area contributed by atoms with Gasteiger partial charge in [-0.25, -0.2) is 0 Å². The van der Waals surface area contributed by atoms with Crippen molar-refractivity contribution in [3.63, 3.8) is 0 Å². The third-order valence-corrected chi connectivity index (χ3v) is 4.46. The first kappa shape index (κ1) is 14.5. The van der Waals surface area contributed by atoms with Crippen molar-refractivity contribution in [2.24, 2.45) is 0 Å². The summed E-state index contributed by atoms with van der Waals surface area (Å²) >= 11 is 0. The Bertz CT molecular complexity index is 404. The predicted molar refractivity (Wildman–Crippen MR) is 78.4 cm³/mol. The van der Waals surface area contributed by atoms with Crippen molar-refractivity contribution in [1.29, 1.82) is 0 Å². The number of hydrogen-bond donors (Lipinski definition) is 1. The van der Waals surface area contributed by atoms with E-state index < -0.39 is 6.10 Å². The van der Waals surface area contributed by atoms with Gasteiger partial charge in [-0.2, -0.15) is 0 Å². The monoisotopic (exact) mass is 262 g/mol. The van der Waals surface area contributed by atoms with E-state index in [-0.39, 0.29) is 11.0 Å². The van der Waals surface area contributed by atoms with Gasteiger partial charge in [0, 0.05) is 13.5 Å². The van der Waals surface area contributed by atoms with Gasteiger partial charge in [0.1, 0.15) is 0 Å². The number of rotatable bonds is 4. The van der Waals surface area contributed by atoms with Gasteiger partial charge in [-0.05, 0) is 35.8 Å². The lowest BCUT2D eigenvalue weighted by Crippen LogP contribution is -2.50. The molecular weight excluding hydrogens is 236 g/mol. The SMILES string of the molecule is COC1(C(O)Cc2ccc(C(C)(C)C)cc2)CCC1. The van der Waals surface area contributed by atoms with E-state index in [4.69, 9.17) is 4.74 Å². The Balaban J connectivity index is 2.03. The fourth-order valence-corrected chi connectivity index (χ4v) is 2.75. The smallest absolute Gasteiger partial charge is 0.0939 e. The highest BCUT2D eigenvalue weighted by Gasteiger charge is 2.43. The van der Waals surface area contributed by atoms with Crippen LogP contribution < -0.4 is 0 Å². The van der Waals surface area contributed by atoms with Crippen LogP contribution in [0.3, 0.4) is 0 Å². The molecule has 2 heteroatoms. The molecule has 1 aliphatic carbocycles. The fourth-order valence-electron chi connectivity index (χ4n) is 2.75. The van der Waals surface area contributed by atoms with E-state index in [9.17, 15) is 5.11 Å². The molecule has 106 valence electrons. The molecule has 1 aromatic rings. The molecule has 1 fully saturated rings. The minimum Gasteiger partial charge on any atom is -0.390 e. The molecule has 19 heavy (non-hydrogen) atoms. The van der Waals surface area contributed by atoms with Gasteiger partial charge in [-0.1, -0.05) is 45.0 Å². The maximum atomic E-state index is 10.4. The number of methoxy groups -OCH3 is 1. The van der Waals surface area contributed by atoms with Crippen LogP contribution in [0.2, 0.25) is 0 Å². The van der Waals surface area contributed by atoms with Crippen molar-refractivity contribution < 1.29 is 9.84 Å². The summed E-state index contributed by atoms with van der Waals surface area (Å²) in [7, 11) is 1.71. The van der Waals surface area contributed by atoms with Gasteiger partial charge in [0.15, 0.2) is 0 Å². The van der Waals surface area contributed by atoms with Gasteiger partial charge in [-0.3, -0.25) is 0 Å². The molecule has 2 rings (SSSR count). The second-order valence-electron chi connectivity index (χ2n) is 6.79. The minimum absolute atomic E-state index is 0.179. The zero-order valence-corrected chi connectivity index (χ0v) is 12.6. The molecule has 0 aromatic heterocycles. The summed E-state index contributed by atoms with van der Waals surface area (Å²) in [5, 5.41) is 10.4. The Morgan fingerprint density at radius 3 is 2.16 bits per heavy atom. The normalized spacial score (nSPS) is 19.8. The summed E-state index contributed by atoms with van der Waals surface area (Å²) < 4.78 is 5.54. The predicted octanol–water partition coefficient (Wildman–Crippen LogP) is 3.46. The van der Waals surface area contributed by atoms with Crippen molar-refractivity contribution in [2.75, 3.05) is 7.11 Å². The van der Waals surface area contributed by atoms with E-state index in [2.05, 4.69) is 45.0 Å². The molecular formula is C17H26O2. The molecule has 0 radical (unpaired) electrons. The third-order valence-electron chi connectivity index (χ3n) is 4.46. The van der Waals surface area contributed by atoms with E-state index in [1.54, 1.807) is 7.11 Å². The topological polar surface area (TPSA) is 29.5 Å². The first-order chi connectivity index (χ1) is 8.87. The average molecular weight is 262 g/mol. The van der Waals surface area contributed by atoms with Crippen LogP contribution in [0.4, 0.5) is 0 Å². The third kappa shape index (κ3) is 3.01. The molecule has 1 unspecified atom stereocenters. The number of aliphatic hydroxyl groups excluding tert-OH is 1. The Hall–Kier alpha value is -0.860. The zero-order valence-electron chi connectivity index (χ0n) is 12.6. The summed E-state index contributed by atoms with van der Waals surface area (Å²) in [6, 6.07) is 8.60. The van der Waals surface area contributed by atoms with Crippen molar-refractivity contribution in [3.8, 4) is 0 Å². The quantitative estimate of drug-likeness (QED) is 0.900. The molecule has 1 saturated carbocycles. The molecule has 1 aliphatic rings. The number of ether oxygens (including phenoxy) is 1. The standard InChI is InChI=1S/C17H26O2/c1-16(2,3)14-8-6-13(7-9-14)12-15(18)17(19-4)10-5-11-17/h6-9,15,18H,5,10-12H2,1-4H3. The van der Waals surface area contributed by atoms with E-state index in [0.29, 0.717) is 6.42 Å². The molecule has 1 atom stereocenters. The van der Waals surface area contributed by atoms with Crippen LogP contribution in [-0.4, -0.2) is 23.9 Å². The van der Waals surface area contributed by atoms with Gasteiger partial charge in [0.2, 0.25) is 0 Å². The van der Waals surface area contributed by atoms with Gasteiger partial charge >= 0.3 is 0 Å². The first-order valence-electron chi connectivity index (χ1n) is 7.20. The number of benzene rings is 1. The average Bonchev–Trinajstić information content (AvgIpc) is 2.27. The van der Waals surface area contributed by atoms with Crippen LogP contribution in [0.5, 0.6) is 0 Å². The van der Waals surface area contributed by atoms with Crippen LogP contribution in [0, 0.1) is 0 Å². The summed E-state index contributed by atoms with van der Waals surface area (Å²) in [6.07, 6.45) is 3.40. The summed E-state index contributed by atoms with van der Waals surface area (Å²) in [5.74, 6) is 0. The maximum Gasteiger partial charge on any atom is 0.0939 e. The number of aliphatic hydroxyl groups is 1. The minimum atomic E-state index is -0.397. The highest BCUT2D eigenvalue weighted by molar-refractivity contribution is 5.28. The molecule has 0 saturated heterocycles. The van der Waals surface area contributed by atoms with Gasteiger partial charge < -0.3 is 9.84 Å². The lowest BCUT2D eigenvalue weighted by molar-refractivity contribution is -0.148. The lowest BCUT2D eigenvalue weighted by atomic mass is 9.74. The molecule has 0 heterocycles. The molecule has 0 amide bonds. The molecule has 2 nitrogen and oxygen atoms in total. The van der Waals surface area contributed by atoms with Gasteiger partial charge in [-0.15, -0.1) is 0 Å². The van der Waals surface area contributed by atoms with E-state index in [0.717, 1.165) is 19.3 Å². The highest BCUT2D eigenvalue weighted by Crippen LogP contribution is 2.39. The Morgan fingerprint density at radius 2 is 1.79 bits per heavy atom. The molecule has 1 aromatic carbocycles. The van der Waals surface area contributed by atoms with E-state index in [1.165, 1.54) is 11.1 Å². The summed E-state index contributed by atoms with van der Waals surface area (Å²) in [4.78, 5) is 0. The fraction of sp³-hybridized carbons (Fsp3) is 0.647. The molecule has 0 spiro atoms. The first-order valence-corrected chi connectivity index (χ1v) is 7.20. The number of hydrogen-bond acceptors (Lipinski definition) is 2. The Morgan fingerprint density at radius 1 is 1.21 bits per heavy atom. The Labute approximate surface area is 116 Å². The molecule has 0 bridgehead atoms. The van der Waals surface area contributed by atoms with Crippen LogP contribution >= 0.6 is 0 Å². The summed E-state index contributed by atoms with van der Waals surface area (Å²) in [6.45, 7) is 6.64. The zero-order chi connectivity index (χ0) is 14.1. The molecule has 1 N–H and O–H groups in total. The van der Waals surface area contributed by atoms with Crippen LogP contribution in [0.15, 0.2) is 24.3 Å². The second kappa shape index (κ2) is 5.26. The van der Waals surface area contributed by atoms with E-state index in [1.807, 2.05) is 0 Å².